The van der Waals surface area contributed by atoms with Crippen molar-refractivity contribution < 1.29 is 14.5 Å². The van der Waals surface area contributed by atoms with Gasteiger partial charge in [-0.25, -0.2) is 4.79 Å². The van der Waals surface area contributed by atoms with E-state index in [-0.39, 0.29) is 30.2 Å². The van der Waals surface area contributed by atoms with Crippen molar-refractivity contribution in [3.63, 3.8) is 0 Å². The first-order valence-electron chi connectivity index (χ1n) is 14.0. The summed E-state index contributed by atoms with van der Waals surface area (Å²) in [5, 5.41) is 25.6. The number of nitro groups is 1. The number of hydrogen-bond donors (Lipinski definition) is 3. The number of fused-ring (bicyclic) bond motifs is 2. The van der Waals surface area contributed by atoms with Crippen molar-refractivity contribution >= 4 is 34.2 Å². The van der Waals surface area contributed by atoms with Gasteiger partial charge in [-0.05, 0) is 55.0 Å². The van der Waals surface area contributed by atoms with Gasteiger partial charge in [0.1, 0.15) is 0 Å². The zero-order valence-corrected chi connectivity index (χ0v) is 23.2. The van der Waals surface area contributed by atoms with Gasteiger partial charge in [0.05, 0.1) is 34.9 Å². The standard InChI is InChI=1S/C30H32N8O4/c1-19-12-20(13-22-16-32-35-29(19)22)14-27(26-15-24(38(41)42)6-9-31-26)33-28(39)18-36-10-7-23(8-11-36)37-17-21-4-2-3-5-25(21)34-30(37)40/h2-6,9,12-13,15-16,23,27H,7-8,10-11,14,17-18H2,1H3,(H,32,35)(H,33,39)(H,34,40). The highest BCUT2D eigenvalue weighted by molar-refractivity contribution is 5.92. The van der Waals surface area contributed by atoms with Crippen LogP contribution in [0.1, 0.15) is 41.3 Å². The molecule has 2 aromatic carbocycles. The third-order valence-electron chi connectivity index (χ3n) is 8.14. The van der Waals surface area contributed by atoms with Crippen molar-refractivity contribution in [1.29, 1.82) is 0 Å². The molecule has 42 heavy (non-hydrogen) atoms. The molecule has 1 fully saturated rings. The van der Waals surface area contributed by atoms with E-state index in [0.29, 0.717) is 31.7 Å². The van der Waals surface area contributed by atoms with E-state index < -0.39 is 11.0 Å². The van der Waals surface area contributed by atoms with Crippen molar-refractivity contribution in [2.45, 2.75) is 44.8 Å². The van der Waals surface area contributed by atoms with Crippen LogP contribution in [-0.4, -0.2) is 67.5 Å². The maximum atomic E-state index is 13.3. The molecular weight excluding hydrogens is 536 g/mol. The van der Waals surface area contributed by atoms with Crippen LogP contribution in [-0.2, 0) is 17.8 Å². The minimum atomic E-state index is -0.559. The number of carbonyl (C=O) groups is 2. The van der Waals surface area contributed by atoms with Crippen molar-refractivity contribution in [3.05, 3.63) is 93.4 Å². The van der Waals surface area contributed by atoms with Crippen molar-refractivity contribution in [2.75, 3.05) is 25.0 Å². The summed E-state index contributed by atoms with van der Waals surface area (Å²) in [7, 11) is 0. The van der Waals surface area contributed by atoms with Crippen LogP contribution < -0.4 is 10.6 Å². The van der Waals surface area contributed by atoms with Crippen LogP contribution >= 0.6 is 0 Å². The molecule has 1 saturated heterocycles. The topological polar surface area (TPSA) is 149 Å². The average molecular weight is 569 g/mol. The van der Waals surface area contributed by atoms with Crippen molar-refractivity contribution in [1.82, 2.24) is 30.3 Å². The maximum absolute atomic E-state index is 13.3. The molecule has 1 unspecified atom stereocenters. The molecule has 0 bridgehead atoms. The molecule has 6 rings (SSSR count). The summed E-state index contributed by atoms with van der Waals surface area (Å²) in [6.45, 7) is 4.11. The molecule has 1 atom stereocenters. The van der Waals surface area contributed by atoms with E-state index in [2.05, 4.69) is 30.7 Å². The first-order chi connectivity index (χ1) is 20.3. The van der Waals surface area contributed by atoms with Crippen LogP contribution in [0, 0.1) is 17.0 Å². The minimum absolute atomic E-state index is 0.0767. The lowest BCUT2D eigenvalue weighted by Gasteiger charge is -2.40. The second kappa shape index (κ2) is 11.6. The predicted octanol–water partition coefficient (Wildman–Crippen LogP) is 4.09. The maximum Gasteiger partial charge on any atom is 0.322 e. The Kier molecular flexibility index (Phi) is 7.53. The molecule has 12 heteroatoms. The molecule has 2 aliphatic rings. The Bertz CT molecular complexity index is 1650. The summed E-state index contributed by atoms with van der Waals surface area (Å²) in [4.78, 5) is 45.4. The monoisotopic (exact) mass is 568 g/mol. The number of aromatic nitrogens is 3. The second-order valence-electron chi connectivity index (χ2n) is 11.0. The lowest BCUT2D eigenvalue weighted by molar-refractivity contribution is -0.385. The van der Waals surface area contributed by atoms with Crippen LogP contribution in [0.3, 0.4) is 0 Å². The Morgan fingerprint density at radius 1 is 1.19 bits per heavy atom. The van der Waals surface area contributed by atoms with Gasteiger partial charge in [-0.15, -0.1) is 0 Å². The zero-order valence-electron chi connectivity index (χ0n) is 23.2. The molecule has 0 saturated carbocycles. The normalized spacial score (nSPS) is 16.6. The van der Waals surface area contributed by atoms with Gasteiger partial charge in [0.25, 0.3) is 5.69 Å². The highest BCUT2D eigenvalue weighted by Gasteiger charge is 2.32. The number of piperidine rings is 1. The highest BCUT2D eigenvalue weighted by atomic mass is 16.6. The molecule has 3 N–H and O–H groups in total. The number of anilines is 1. The van der Waals surface area contributed by atoms with Gasteiger partial charge in [-0.2, -0.15) is 5.10 Å². The highest BCUT2D eigenvalue weighted by Crippen LogP contribution is 2.28. The number of H-pyrrole nitrogens is 1. The van der Waals surface area contributed by atoms with E-state index in [9.17, 15) is 19.7 Å². The number of nitrogens with one attached hydrogen (secondary N) is 3. The number of benzene rings is 2. The largest absolute Gasteiger partial charge is 0.346 e. The number of para-hydroxylation sites is 1. The van der Waals surface area contributed by atoms with Crippen molar-refractivity contribution in [2.24, 2.45) is 0 Å². The Balaban J connectivity index is 1.12. The number of likely N-dealkylation sites (tertiary alicyclic amines) is 1. The molecule has 0 radical (unpaired) electrons. The van der Waals surface area contributed by atoms with Gasteiger partial charge in [0.2, 0.25) is 5.91 Å². The molecule has 0 spiro atoms. The summed E-state index contributed by atoms with van der Waals surface area (Å²) >= 11 is 0. The smallest absolute Gasteiger partial charge is 0.322 e. The fourth-order valence-corrected chi connectivity index (χ4v) is 5.99. The van der Waals surface area contributed by atoms with E-state index in [4.69, 9.17) is 0 Å². The van der Waals surface area contributed by atoms with Crippen LogP contribution in [0.5, 0.6) is 0 Å². The molecule has 4 heterocycles. The molecule has 4 aromatic rings. The van der Waals surface area contributed by atoms with Gasteiger partial charge in [-0.1, -0.05) is 24.3 Å². The molecular formula is C30H32N8O4. The Hall–Kier alpha value is -4.84. The molecule has 2 aliphatic heterocycles. The number of carbonyl (C=O) groups excluding carboxylic acids is 2. The molecule has 0 aliphatic carbocycles. The number of pyridine rings is 1. The average Bonchev–Trinajstić information content (AvgIpc) is 3.46. The summed E-state index contributed by atoms with van der Waals surface area (Å²) in [6, 6.07) is 14.1. The van der Waals surface area contributed by atoms with Crippen LogP contribution in [0.25, 0.3) is 10.9 Å². The third-order valence-corrected chi connectivity index (χ3v) is 8.14. The third kappa shape index (κ3) is 5.79. The molecule has 12 nitrogen and oxygen atoms in total. The van der Waals surface area contributed by atoms with Crippen LogP contribution in [0.15, 0.2) is 60.9 Å². The van der Waals surface area contributed by atoms with E-state index in [1.807, 2.05) is 48.2 Å². The lowest BCUT2D eigenvalue weighted by atomic mass is 9.99. The quantitative estimate of drug-likeness (QED) is 0.214. The van der Waals surface area contributed by atoms with Crippen LogP contribution in [0.4, 0.5) is 16.2 Å². The van der Waals surface area contributed by atoms with Gasteiger partial charge >= 0.3 is 6.03 Å². The number of rotatable bonds is 8. The first kappa shape index (κ1) is 27.3. The van der Waals surface area contributed by atoms with Crippen molar-refractivity contribution in [3.8, 4) is 0 Å². The van der Waals surface area contributed by atoms with Gasteiger partial charge in [0, 0.05) is 55.1 Å². The number of hydrogen-bond acceptors (Lipinski definition) is 7. The minimum Gasteiger partial charge on any atom is -0.346 e. The molecule has 3 amide bonds. The van der Waals surface area contributed by atoms with Crippen LogP contribution in [0.2, 0.25) is 0 Å². The van der Waals surface area contributed by atoms with Gasteiger partial charge < -0.3 is 15.5 Å². The Morgan fingerprint density at radius 2 is 2.00 bits per heavy atom. The van der Waals surface area contributed by atoms with E-state index in [0.717, 1.165) is 46.1 Å². The number of aryl methyl sites for hydroxylation is 1. The van der Waals surface area contributed by atoms with E-state index in [1.54, 1.807) is 6.20 Å². The van der Waals surface area contributed by atoms with E-state index in [1.165, 1.54) is 18.3 Å². The number of nitrogens with zero attached hydrogens (tertiary/aromatic N) is 5. The first-order valence-corrected chi connectivity index (χ1v) is 14.0. The number of amides is 3. The number of aromatic amines is 1. The molecule has 2 aromatic heterocycles. The fourth-order valence-electron chi connectivity index (χ4n) is 5.99. The summed E-state index contributed by atoms with van der Waals surface area (Å²) in [5.41, 5.74) is 5.24. The Labute approximate surface area is 242 Å². The van der Waals surface area contributed by atoms with Gasteiger partial charge in [-0.3, -0.25) is 29.9 Å². The second-order valence-corrected chi connectivity index (χ2v) is 11.0. The SMILES string of the molecule is Cc1cc(CC(NC(=O)CN2CCC(N3Cc4ccccc4NC3=O)CC2)c2cc([N+](=O)[O-])ccn2)cc2cn[nH]c12. The summed E-state index contributed by atoms with van der Waals surface area (Å²) in [5.74, 6) is -0.183. The predicted molar refractivity (Wildman–Crippen MR) is 157 cm³/mol. The number of urea groups is 1. The lowest BCUT2D eigenvalue weighted by Crippen LogP contribution is -2.51. The summed E-state index contributed by atoms with van der Waals surface area (Å²) < 4.78 is 0. The summed E-state index contributed by atoms with van der Waals surface area (Å²) in [6.07, 6.45) is 5.10. The fraction of sp³-hybridized carbons (Fsp3) is 0.333. The Morgan fingerprint density at radius 3 is 2.81 bits per heavy atom. The zero-order chi connectivity index (χ0) is 29.2. The van der Waals surface area contributed by atoms with E-state index >= 15 is 0 Å². The van der Waals surface area contributed by atoms with Gasteiger partial charge in [0.15, 0.2) is 0 Å². The molecule has 216 valence electrons.